The minimum absolute atomic E-state index is 0.162. The van der Waals surface area contributed by atoms with Gasteiger partial charge in [-0.15, -0.1) is 0 Å². The number of hydrogen-bond donors (Lipinski definition) is 0. The topological polar surface area (TPSA) is 24.9 Å². The lowest BCUT2D eigenvalue weighted by Gasteiger charge is -2.37. The van der Waals surface area contributed by atoms with E-state index in [9.17, 15) is 0 Å². The van der Waals surface area contributed by atoms with Crippen LogP contribution in [0.2, 0.25) is 0 Å². The second-order valence-corrected chi connectivity index (χ2v) is 15.6. The van der Waals surface area contributed by atoms with Gasteiger partial charge >= 0.3 is 0 Å². The van der Waals surface area contributed by atoms with Crippen LogP contribution in [0.4, 0.5) is 34.1 Å². The first kappa shape index (κ1) is 35.0. The lowest BCUT2D eigenvalue weighted by Crippen LogP contribution is -2.58. The molecule has 0 amide bonds. The second-order valence-electron chi connectivity index (χ2n) is 15.6. The van der Waals surface area contributed by atoms with Crippen molar-refractivity contribution < 1.29 is 9.47 Å². The van der Waals surface area contributed by atoms with Gasteiger partial charge in [0.05, 0.1) is 11.4 Å². The first-order valence-electron chi connectivity index (χ1n) is 20.8. The zero-order chi connectivity index (χ0) is 40.3. The number of hydrogen-bond acceptors (Lipinski definition) is 4. The predicted octanol–water partition coefficient (Wildman–Crippen LogP) is 13.3. The highest BCUT2D eigenvalue weighted by Crippen LogP contribution is 2.47. The molecule has 0 aliphatic carbocycles. The molecule has 0 N–H and O–H groups in total. The summed E-state index contributed by atoms with van der Waals surface area (Å²) in [6.45, 7) is -0.162. The SMILES string of the molecule is c1ccc(-c2cccc(N(c3ccccc3)c3cc4c(c5ccccc35)B3c5c(cccc5O4)Oc4cc(N(c5ccccc5)c5ccccc5)c5ccccc5c43)c2)cc1. The van der Waals surface area contributed by atoms with E-state index in [2.05, 4.69) is 228 Å². The summed E-state index contributed by atoms with van der Waals surface area (Å²) in [4.78, 5) is 4.70. The standard InChI is InChI=1S/C56H37BN2O2/c1-5-19-38(20-6-1)39-21-17-28-43(35-39)59(42-26-11-4-12-27-42)49-37-53-55(47-32-16-14-30-45(47)49)57-54-46-31-15-13-29-44(46)48(36-52(54)60-50-33-18-34-51(61-53)56(50)57)58(40-22-7-2-8-23-40)41-24-9-3-10-25-41/h1-37H. The van der Waals surface area contributed by atoms with Gasteiger partial charge < -0.3 is 19.3 Å². The number of rotatable bonds is 7. The van der Waals surface area contributed by atoms with E-state index in [1.165, 1.54) is 5.56 Å². The predicted molar refractivity (Wildman–Crippen MR) is 254 cm³/mol. The van der Waals surface area contributed by atoms with Gasteiger partial charge in [-0.1, -0.05) is 152 Å². The van der Waals surface area contributed by atoms with Crippen molar-refractivity contribution in [3.8, 4) is 34.1 Å². The van der Waals surface area contributed by atoms with Crippen LogP contribution in [0.1, 0.15) is 0 Å². The van der Waals surface area contributed by atoms with Crippen molar-refractivity contribution >= 4 is 78.8 Å². The molecule has 61 heavy (non-hydrogen) atoms. The first-order valence-corrected chi connectivity index (χ1v) is 20.8. The molecule has 2 aliphatic rings. The summed E-state index contributed by atoms with van der Waals surface area (Å²) in [6.07, 6.45) is 0. The number of fused-ring (bicyclic) bond motifs is 8. The summed E-state index contributed by atoms with van der Waals surface area (Å²) in [7, 11) is 0. The highest BCUT2D eigenvalue weighted by molar-refractivity contribution is 7.01. The molecule has 0 aromatic heterocycles. The smallest absolute Gasteiger partial charge is 0.262 e. The molecule has 5 heteroatoms. The fraction of sp³-hybridized carbons (Fsp3) is 0. The lowest BCUT2D eigenvalue weighted by atomic mass is 9.33. The molecule has 0 unspecified atom stereocenters. The molecule has 0 spiro atoms. The molecule has 4 nitrogen and oxygen atoms in total. The third kappa shape index (κ3) is 5.77. The Morgan fingerprint density at radius 1 is 0.279 bits per heavy atom. The van der Waals surface area contributed by atoms with Crippen LogP contribution < -0.4 is 35.7 Å². The molecule has 0 atom stereocenters. The molecule has 10 aromatic rings. The third-order valence-electron chi connectivity index (χ3n) is 12.1. The van der Waals surface area contributed by atoms with Crippen molar-refractivity contribution in [3.63, 3.8) is 0 Å². The largest absolute Gasteiger partial charge is 0.458 e. The van der Waals surface area contributed by atoms with Gasteiger partial charge in [0.25, 0.3) is 6.71 Å². The summed E-state index contributed by atoms with van der Waals surface area (Å²) >= 11 is 0. The summed E-state index contributed by atoms with van der Waals surface area (Å²) in [5.41, 5.74) is 12.0. The van der Waals surface area contributed by atoms with E-state index in [4.69, 9.17) is 9.47 Å². The molecular formula is C56H37BN2O2. The van der Waals surface area contributed by atoms with Gasteiger partial charge in [0.15, 0.2) is 0 Å². The lowest BCUT2D eigenvalue weighted by molar-refractivity contribution is 0.465. The average Bonchev–Trinajstić information content (AvgIpc) is 3.33. The van der Waals surface area contributed by atoms with Gasteiger partial charge in [-0.05, 0) is 93.5 Å². The third-order valence-corrected chi connectivity index (χ3v) is 12.1. The van der Waals surface area contributed by atoms with Gasteiger partial charge in [0.2, 0.25) is 0 Å². The quantitative estimate of drug-likeness (QED) is 0.150. The van der Waals surface area contributed by atoms with Crippen LogP contribution in [0, 0.1) is 0 Å². The van der Waals surface area contributed by atoms with Crippen LogP contribution in [-0.2, 0) is 0 Å². The van der Waals surface area contributed by atoms with Crippen LogP contribution in [0.5, 0.6) is 23.0 Å². The minimum atomic E-state index is -0.162. The van der Waals surface area contributed by atoms with E-state index in [1.807, 2.05) is 6.07 Å². The van der Waals surface area contributed by atoms with Crippen molar-refractivity contribution in [1.82, 2.24) is 0 Å². The van der Waals surface area contributed by atoms with Crippen molar-refractivity contribution in [2.75, 3.05) is 9.80 Å². The van der Waals surface area contributed by atoms with Gasteiger partial charge in [-0.25, -0.2) is 0 Å². The van der Waals surface area contributed by atoms with Gasteiger partial charge in [-0.2, -0.15) is 0 Å². The molecule has 10 aromatic carbocycles. The Morgan fingerprint density at radius 2 is 0.656 bits per heavy atom. The van der Waals surface area contributed by atoms with E-state index in [-0.39, 0.29) is 6.71 Å². The monoisotopic (exact) mass is 780 g/mol. The molecule has 0 saturated carbocycles. The van der Waals surface area contributed by atoms with Crippen molar-refractivity contribution in [2.45, 2.75) is 0 Å². The summed E-state index contributed by atoms with van der Waals surface area (Å²) in [5, 5.41) is 4.55. The summed E-state index contributed by atoms with van der Waals surface area (Å²) < 4.78 is 14.1. The summed E-state index contributed by atoms with van der Waals surface area (Å²) in [5.74, 6) is 3.29. The van der Waals surface area contributed by atoms with Crippen molar-refractivity contribution in [3.05, 3.63) is 224 Å². The highest BCUT2D eigenvalue weighted by atomic mass is 16.5. The number of nitrogens with zero attached hydrogens (tertiary/aromatic N) is 2. The van der Waals surface area contributed by atoms with Gasteiger partial charge in [0.1, 0.15) is 23.0 Å². The molecule has 0 bridgehead atoms. The average molecular weight is 781 g/mol. The van der Waals surface area contributed by atoms with Crippen molar-refractivity contribution in [1.29, 1.82) is 0 Å². The highest BCUT2D eigenvalue weighted by Gasteiger charge is 2.43. The van der Waals surface area contributed by atoms with Gasteiger partial charge in [0, 0.05) is 51.1 Å². The Hall–Kier alpha value is -8.02. The van der Waals surface area contributed by atoms with E-state index in [1.54, 1.807) is 0 Å². The fourth-order valence-corrected chi connectivity index (χ4v) is 9.54. The number of ether oxygens (including phenoxy) is 2. The Bertz CT molecular complexity index is 3230. The van der Waals surface area contributed by atoms with E-state index in [0.29, 0.717) is 0 Å². The molecule has 0 fully saturated rings. The molecular weight excluding hydrogens is 743 g/mol. The molecule has 2 heterocycles. The zero-order valence-electron chi connectivity index (χ0n) is 33.2. The Labute approximate surface area is 355 Å². The maximum absolute atomic E-state index is 7.08. The van der Waals surface area contributed by atoms with Gasteiger partial charge in [-0.3, -0.25) is 0 Å². The number of benzene rings is 10. The van der Waals surface area contributed by atoms with Crippen molar-refractivity contribution in [2.24, 2.45) is 0 Å². The minimum Gasteiger partial charge on any atom is -0.458 e. The Morgan fingerprint density at radius 3 is 1.15 bits per heavy atom. The van der Waals surface area contributed by atoms with Crippen LogP contribution in [-0.4, -0.2) is 6.71 Å². The normalized spacial score (nSPS) is 12.2. The molecule has 12 rings (SSSR count). The van der Waals surface area contributed by atoms with Crippen LogP contribution in [0.25, 0.3) is 32.7 Å². The maximum Gasteiger partial charge on any atom is 0.262 e. The Balaban J connectivity index is 1.11. The molecule has 286 valence electrons. The fourth-order valence-electron chi connectivity index (χ4n) is 9.54. The Kier molecular flexibility index (Phi) is 8.24. The number of para-hydroxylation sites is 3. The maximum atomic E-state index is 7.08. The molecule has 0 radical (unpaired) electrons. The van der Waals surface area contributed by atoms with Crippen LogP contribution in [0.15, 0.2) is 224 Å². The summed E-state index contributed by atoms with van der Waals surface area (Å²) in [6, 6.07) is 79.5. The van der Waals surface area contributed by atoms with E-state index < -0.39 is 0 Å². The molecule has 0 saturated heterocycles. The zero-order valence-corrected chi connectivity index (χ0v) is 33.2. The van der Waals surface area contributed by atoms with Crippen LogP contribution >= 0.6 is 0 Å². The molecule has 2 aliphatic heterocycles. The van der Waals surface area contributed by atoms with Crippen LogP contribution in [0.3, 0.4) is 0 Å². The number of anilines is 6. The van der Waals surface area contributed by atoms with E-state index >= 15 is 0 Å². The second kappa shape index (κ2) is 14.4. The first-order chi connectivity index (χ1) is 30.3. The van der Waals surface area contributed by atoms with E-state index in [0.717, 1.165) is 101 Å².